The van der Waals surface area contributed by atoms with Crippen LogP contribution in [0, 0.1) is 12.8 Å². The highest BCUT2D eigenvalue weighted by Crippen LogP contribution is 2.21. The van der Waals surface area contributed by atoms with Crippen LogP contribution in [0.15, 0.2) is 47.8 Å². The number of likely N-dealkylation sites (tertiary alicyclic amines) is 1. The van der Waals surface area contributed by atoms with Crippen molar-refractivity contribution in [3.63, 3.8) is 0 Å². The lowest BCUT2D eigenvalue weighted by Gasteiger charge is -2.31. The number of nitrogens with one attached hydrogen (secondary N) is 1. The molecule has 4 nitrogen and oxygen atoms in total. The molecule has 4 rings (SSSR count). The van der Waals surface area contributed by atoms with Gasteiger partial charge < -0.3 is 9.88 Å². The van der Waals surface area contributed by atoms with Crippen LogP contribution in [0.1, 0.15) is 23.4 Å². The Morgan fingerprint density at radius 1 is 1.19 bits per heavy atom. The summed E-state index contributed by atoms with van der Waals surface area (Å²) in [6.45, 7) is 6.58. The molecule has 1 aliphatic rings. The summed E-state index contributed by atoms with van der Waals surface area (Å²) in [5, 5.41) is 6.51. The number of carbonyl (C=O) groups excluding carboxylic acids is 1. The van der Waals surface area contributed by atoms with Crippen LogP contribution in [-0.4, -0.2) is 35.0 Å². The standard InChI is InChI=1S/C22H27N3OS/c1-17-13-19-5-2-3-7-21(19)25(17)16-22(26)23-14-18-8-10-24(11-9-18)15-20-6-4-12-27-20/h2-7,12-13,18H,8-11,14-16H2,1H3,(H,23,26). The number of hydrogen-bond donors (Lipinski definition) is 1. The number of hydrogen-bond acceptors (Lipinski definition) is 3. The molecule has 0 unspecified atom stereocenters. The van der Waals surface area contributed by atoms with Gasteiger partial charge in [-0.25, -0.2) is 0 Å². The second-order valence-corrected chi connectivity index (χ2v) is 8.57. The first-order chi connectivity index (χ1) is 13.2. The molecule has 5 heteroatoms. The van der Waals surface area contributed by atoms with E-state index in [1.807, 2.05) is 23.5 Å². The number of amides is 1. The van der Waals surface area contributed by atoms with E-state index in [0.717, 1.165) is 50.2 Å². The van der Waals surface area contributed by atoms with Gasteiger partial charge in [-0.1, -0.05) is 24.3 Å². The number of benzene rings is 1. The fourth-order valence-electron chi connectivity index (χ4n) is 3.99. The molecular weight excluding hydrogens is 354 g/mol. The van der Waals surface area contributed by atoms with Crippen molar-refractivity contribution in [1.82, 2.24) is 14.8 Å². The van der Waals surface area contributed by atoms with Gasteiger partial charge in [-0.05, 0) is 67.7 Å². The molecule has 0 saturated carbocycles. The summed E-state index contributed by atoms with van der Waals surface area (Å²) in [4.78, 5) is 16.5. The Morgan fingerprint density at radius 3 is 2.78 bits per heavy atom. The SMILES string of the molecule is Cc1cc2ccccc2n1CC(=O)NCC1CCN(Cc2cccs2)CC1. The van der Waals surface area contributed by atoms with Gasteiger partial charge in [0.25, 0.3) is 0 Å². The van der Waals surface area contributed by atoms with E-state index in [0.29, 0.717) is 12.5 Å². The summed E-state index contributed by atoms with van der Waals surface area (Å²) in [6.07, 6.45) is 2.33. The Bertz CT molecular complexity index is 892. The number of aryl methyl sites for hydroxylation is 1. The van der Waals surface area contributed by atoms with Gasteiger partial charge in [0, 0.05) is 29.2 Å². The monoisotopic (exact) mass is 381 g/mol. The molecule has 1 N–H and O–H groups in total. The first kappa shape index (κ1) is 18.3. The summed E-state index contributed by atoms with van der Waals surface area (Å²) < 4.78 is 2.11. The molecule has 3 heterocycles. The fourth-order valence-corrected chi connectivity index (χ4v) is 4.73. The summed E-state index contributed by atoms with van der Waals surface area (Å²) in [7, 11) is 0. The quantitative estimate of drug-likeness (QED) is 0.700. The van der Waals surface area contributed by atoms with Crippen LogP contribution in [0.2, 0.25) is 0 Å². The minimum Gasteiger partial charge on any atom is -0.354 e. The van der Waals surface area contributed by atoms with Gasteiger partial charge >= 0.3 is 0 Å². The van der Waals surface area contributed by atoms with Crippen molar-refractivity contribution in [2.24, 2.45) is 5.92 Å². The van der Waals surface area contributed by atoms with Crippen LogP contribution in [0.5, 0.6) is 0 Å². The molecule has 27 heavy (non-hydrogen) atoms. The van der Waals surface area contributed by atoms with Crippen molar-refractivity contribution in [3.05, 3.63) is 58.4 Å². The third-order valence-corrected chi connectivity index (χ3v) is 6.44. The first-order valence-corrected chi connectivity index (χ1v) is 10.6. The Kier molecular flexibility index (Phi) is 5.60. The minimum absolute atomic E-state index is 0.112. The molecule has 0 spiro atoms. The van der Waals surface area contributed by atoms with Crippen LogP contribution in [0.3, 0.4) is 0 Å². The summed E-state index contributed by atoms with van der Waals surface area (Å²) in [5.41, 5.74) is 2.26. The molecule has 0 atom stereocenters. The zero-order valence-electron chi connectivity index (χ0n) is 15.9. The maximum atomic E-state index is 12.5. The van der Waals surface area contributed by atoms with Gasteiger partial charge in [0.1, 0.15) is 6.54 Å². The van der Waals surface area contributed by atoms with E-state index < -0.39 is 0 Å². The van der Waals surface area contributed by atoms with Gasteiger partial charge in [-0.3, -0.25) is 9.69 Å². The van der Waals surface area contributed by atoms with E-state index in [1.54, 1.807) is 0 Å². The number of aromatic nitrogens is 1. The first-order valence-electron chi connectivity index (χ1n) is 9.75. The third kappa shape index (κ3) is 4.42. The van der Waals surface area contributed by atoms with Crippen LogP contribution in [-0.2, 0) is 17.9 Å². The van der Waals surface area contributed by atoms with Gasteiger partial charge in [-0.15, -0.1) is 11.3 Å². The smallest absolute Gasteiger partial charge is 0.239 e. The van der Waals surface area contributed by atoms with E-state index in [2.05, 4.69) is 57.4 Å². The largest absolute Gasteiger partial charge is 0.354 e. The predicted octanol–water partition coefficient (Wildman–Crippen LogP) is 4.04. The summed E-state index contributed by atoms with van der Waals surface area (Å²) >= 11 is 1.83. The normalized spacial score (nSPS) is 16.0. The number of piperidine rings is 1. The maximum absolute atomic E-state index is 12.5. The number of nitrogens with zero attached hydrogens (tertiary/aromatic N) is 2. The minimum atomic E-state index is 0.112. The van der Waals surface area contributed by atoms with E-state index >= 15 is 0 Å². The highest BCUT2D eigenvalue weighted by Gasteiger charge is 2.20. The molecule has 1 amide bonds. The molecule has 142 valence electrons. The third-order valence-electron chi connectivity index (χ3n) is 5.57. The molecule has 0 aliphatic carbocycles. The maximum Gasteiger partial charge on any atom is 0.239 e. The molecular formula is C22H27N3OS. The van der Waals surface area contributed by atoms with Gasteiger partial charge in [0.2, 0.25) is 5.91 Å². The second-order valence-electron chi connectivity index (χ2n) is 7.53. The van der Waals surface area contributed by atoms with Crippen molar-refractivity contribution >= 4 is 28.1 Å². The Hall–Kier alpha value is -2.11. The topological polar surface area (TPSA) is 37.3 Å². The van der Waals surface area contributed by atoms with Crippen LogP contribution >= 0.6 is 11.3 Å². The fraction of sp³-hybridized carbons (Fsp3) is 0.409. The Balaban J connectivity index is 1.24. The van der Waals surface area contributed by atoms with Gasteiger partial charge in [0.05, 0.1) is 0 Å². The highest BCUT2D eigenvalue weighted by molar-refractivity contribution is 7.09. The average molecular weight is 382 g/mol. The average Bonchev–Trinajstić information content (AvgIpc) is 3.29. The number of para-hydroxylation sites is 1. The number of rotatable bonds is 6. The predicted molar refractivity (Wildman–Crippen MR) is 112 cm³/mol. The van der Waals surface area contributed by atoms with Crippen LogP contribution < -0.4 is 5.32 Å². The van der Waals surface area contributed by atoms with Crippen molar-refractivity contribution in [3.8, 4) is 0 Å². The van der Waals surface area contributed by atoms with Crippen molar-refractivity contribution in [1.29, 1.82) is 0 Å². The van der Waals surface area contributed by atoms with Crippen LogP contribution in [0.4, 0.5) is 0 Å². The lowest BCUT2D eigenvalue weighted by Crippen LogP contribution is -2.39. The molecule has 3 aromatic rings. The molecule has 0 radical (unpaired) electrons. The van der Waals surface area contributed by atoms with Gasteiger partial charge in [0.15, 0.2) is 0 Å². The zero-order chi connectivity index (χ0) is 18.6. The van der Waals surface area contributed by atoms with E-state index in [-0.39, 0.29) is 5.91 Å². The molecule has 1 saturated heterocycles. The van der Waals surface area contributed by atoms with E-state index in [4.69, 9.17) is 0 Å². The van der Waals surface area contributed by atoms with Crippen molar-refractivity contribution < 1.29 is 4.79 Å². The van der Waals surface area contributed by atoms with Crippen LogP contribution in [0.25, 0.3) is 10.9 Å². The number of fused-ring (bicyclic) bond motifs is 1. The second kappa shape index (κ2) is 8.28. The molecule has 1 aromatic carbocycles. The van der Waals surface area contributed by atoms with Gasteiger partial charge in [-0.2, -0.15) is 0 Å². The molecule has 2 aromatic heterocycles. The number of thiophene rings is 1. The zero-order valence-corrected chi connectivity index (χ0v) is 16.7. The molecule has 0 bridgehead atoms. The summed E-state index contributed by atoms with van der Waals surface area (Å²) in [6, 6.07) is 14.7. The lowest BCUT2D eigenvalue weighted by atomic mass is 9.97. The van der Waals surface area contributed by atoms with Crippen molar-refractivity contribution in [2.75, 3.05) is 19.6 Å². The Morgan fingerprint density at radius 2 is 2.00 bits per heavy atom. The molecule has 1 fully saturated rings. The highest BCUT2D eigenvalue weighted by atomic mass is 32.1. The molecule has 1 aliphatic heterocycles. The lowest BCUT2D eigenvalue weighted by molar-refractivity contribution is -0.121. The van der Waals surface area contributed by atoms with E-state index in [1.165, 1.54) is 10.3 Å². The number of carbonyl (C=O) groups is 1. The Labute approximate surface area is 164 Å². The van der Waals surface area contributed by atoms with E-state index in [9.17, 15) is 4.79 Å². The summed E-state index contributed by atoms with van der Waals surface area (Å²) in [5.74, 6) is 0.705. The van der Waals surface area contributed by atoms with Crippen molar-refractivity contribution in [2.45, 2.75) is 32.9 Å².